The quantitative estimate of drug-likeness (QED) is 0.496. The molecule has 2 N–H and O–H groups in total. The van der Waals surface area contributed by atoms with Gasteiger partial charge in [-0.15, -0.1) is 0 Å². The molecular weight excluding hydrogens is 194 g/mol. The number of carbonyl (C=O) groups excluding carboxylic acids is 2. The number of nitrogens with one attached hydrogen (secondary N) is 2. The largest absolute Gasteiger partial charge is 0.306 e. The van der Waals surface area contributed by atoms with Crippen LogP contribution in [0.15, 0.2) is 0 Å². The number of piperidine rings is 1. The van der Waals surface area contributed by atoms with Crippen molar-refractivity contribution in [2.75, 3.05) is 6.54 Å². The van der Waals surface area contributed by atoms with Gasteiger partial charge in [0.2, 0.25) is 11.8 Å². The summed E-state index contributed by atoms with van der Waals surface area (Å²) in [5, 5.41) is 13.7. The van der Waals surface area contributed by atoms with Gasteiger partial charge in [-0.3, -0.25) is 14.9 Å². The van der Waals surface area contributed by atoms with Gasteiger partial charge in [-0.05, 0) is 25.8 Å². The van der Waals surface area contributed by atoms with Crippen LogP contribution in [0.25, 0.3) is 0 Å². The molecule has 1 atom stereocenters. The summed E-state index contributed by atoms with van der Waals surface area (Å²) in [6, 6.07) is 1.82. The van der Waals surface area contributed by atoms with Gasteiger partial charge in [-0.25, -0.2) is 0 Å². The molecule has 5 heteroatoms. The lowest BCUT2D eigenvalue weighted by atomic mass is 10.1. The number of carbonyl (C=O) groups is 2. The van der Waals surface area contributed by atoms with Gasteiger partial charge < -0.3 is 5.32 Å². The number of rotatable bonds is 5. The molecule has 5 nitrogen and oxygen atoms in total. The lowest BCUT2D eigenvalue weighted by Gasteiger charge is -2.21. The molecule has 0 radical (unpaired) electrons. The van der Waals surface area contributed by atoms with Crippen LogP contribution in [0.2, 0.25) is 0 Å². The van der Waals surface area contributed by atoms with Gasteiger partial charge in [-0.2, -0.15) is 5.26 Å². The Bertz CT molecular complexity index is 283. The lowest BCUT2D eigenvalue weighted by molar-refractivity contribution is -0.134. The van der Waals surface area contributed by atoms with Crippen molar-refractivity contribution in [2.45, 2.75) is 38.1 Å². The maximum atomic E-state index is 11.3. The van der Waals surface area contributed by atoms with Crippen LogP contribution in [-0.2, 0) is 9.59 Å². The van der Waals surface area contributed by atoms with E-state index in [1.807, 2.05) is 0 Å². The number of unbranched alkanes of at least 4 members (excludes halogenated alkanes) is 2. The minimum Gasteiger partial charge on any atom is -0.306 e. The van der Waals surface area contributed by atoms with E-state index in [2.05, 4.69) is 16.7 Å². The molecule has 1 saturated heterocycles. The number of nitriles is 1. The standard InChI is InChI=1S/C10H15N3O2/c11-6-2-1-3-7-12-8-4-5-9(14)13-10(8)15/h8,12H,1-5,7H2,(H,13,14,15). The molecule has 1 aliphatic rings. The molecule has 0 aromatic heterocycles. The van der Waals surface area contributed by atoms with Gasteiger partial charge in [-0.1, -0.05) is 0 Å². The minimum absolute atomic E-state index is 0.192. The first-order valence-electron chi connectivity index (χ1n) is 5.18. The van der Waals surface area contributed by atoms with Crippen molar-refractivity contribution in [2.24, 2.45) is 0 Å². The first-order chi connectivity index (χ1) is 7.24. The highest BCUT2D eigenvalue weighted by Gasteiger charge is 2.25. The van der Waals surface area contributed by atoms with Crippen LogP contribution in [0.3, 0.4) is 0 Å². The molecule has 82 valence electrons. The topological polar surface area (TPSA) is 82.0 Å². The summed E-state index contributed by atoms with van der Waals surface area (Å²) in [5.74, 6) is -0.422. The normalized spacial score (nSPS) is 20.9. The van der Waals surface area contributed by atoms with Crippen LogP contribution in [0.1, 0.15) is 32.1 Å². The molecule has 1 aliphatic heterocycles. The fraction of sp³-hybridized carbons (Fsp3) is 0.700. The van der Waals surface area contributed by atoms with Crippen molar-refractivity contribution < 1.29 is 9.59 Å². The van der Waals surface area contributed by atoms with Gasteiger partial charge in [0, 0.05) is 12.8 Å². The fourth-order valence-corrected chi connectivity index (χ4v) is 1.49. The lowest BCUT2D eigenvalue weighted by Crippen LogP contribution is -2.50. The summed E-state index contributed by atoms with van der Waals surface area (Å²) < 4.78 is 0. The second-order valence-electron chi connectivity index (χ2n) is 3.57. The summed E-state index contributed by atoms with van der Waals surface area (Å²) in [6.45, 7) is 0.716. The van der Waals surface area contributed by atoms with E-state index < -0.39 is 0 Å². The predicted octanol–water partition coefficient (Wildman–Crippen LogP) is 0.0751. The highest BCUT2D eigenvalue weighted by molar-refractivity contribution is 6.00. The van der Waals surface area contributed by atoms with E-state index in [0.29, 0.717) is 25.8 Å². The number of nitrogens with zero attached hydrogens (tertiary/aromatic N) is 1. The molecule has 1 unspecified atom stereocenters. The van der Waals surface area contributed by atoms with Crippen LogP contribution < -0.4 is 10.6 Å². The minimum atomic E-state index is -0.246. The van der Waals surface area contributed by atoms with E-state index in [0.717, 1.165) is 12.8 Å². The molecular formula is C10H15N3O2. The predicted molar refractivity (Wildman–Crippen MR) is 53.6 cm³/mol. The Balaban J connectivity index is 2.13. The highest BCUT2D eigenvalue weighted by atomic mass is 16.2. The Hall–Kier alpha value is -1.41. The summed E-state index contributed by atoms with van der Waals surface area (Å²) in [5.41, 5.74) is 0. The van der Waals surface area contributed by atoms with E-state index in [9.17, 15) is 9.59 Å². The van der Waals surface area contributed by atoms with E-state index in [4.69, 9.17) is 5.26 Å². The van der Waals surface area contributed by atoms with Crippen molar-refractivity contribution in [3.63, 3.8) is 0 Å². The van der Waals surface area contributed by atoms with E-state index >= 15 is 0 Å². The molecule has 0 bridgehead atoms. The number of hydrogen-bond acceptors (Lipinski definition) is 4. The average Bonchev–Trinajstić information content (AvgIpc) is 2.20. The molecule has 0 aromatic rings. The van der Waals surface area contributed by atoms with Gasteiger partial charge >= 0.3 is 0 Å². The Morgan fingerprint density at radius 3 is 2.93 bits per heavy atom. The van der Waals surface area contributed by atoms with Crippen LogP contribution in [0.4, 0.5) is 0 Å². The molecule has 15 heavy (non-hydrogen) atoms. The third-order valence-electron chi connectivity index (χ3n) is 2.35. The Kier molecular flexibility index (Phi) is 4.78. The third kappa shape index (κ3) is 4.09. The zero-order valence-electron chi connectivity index (χ0n) is 8.58. The smallest absolute Gasteiger partial charge is 0.243 e. The van der Waals surface area contributed by atoms with Crippen molar-refractivity contribution in [3.05, 3.63) is 0 Å². The van der Waals surface area contributed by atoms with Crippen molar-refractivity contribution in [3.8, 4) is 6.07 Å². The zero-order valence-corrected chi connectivity index (χ0v) is 8.58. The molecule has 1 heterocycles. The molecule has 0 saturated carbocycles. The van der Waals surface area contributed by atoms with Crippen LogP contribution >= 0.6 is 0 Å². The molecule has 1 rings (SSSR count). The first kappa shape index (κ1) is 11.7. The van der Waals surface area contributed by atoms with Crippen LogP contribution in [-0.4, -0.2) is 24.4 Å². The summed E-state index contributed by atoms with van der Waals surface area (Å²) in [7, 11) is 0. The second-order valence-corrected chi connectivity index (χ2v) is 3.57. The van der Waals surface area contributed by atoms with Crippen molar-refractivity contribution in [1.82, 2.24) is 10.6 Å². The Labute approximate surface area is 88.8 Å². The SMILES string of the molecule is N#CCCCCNC1CCC(=O)NC1=O. The molecule has 0 spiro atoms. The zero-order chi connectivity index (χ0) is 11.1. The number of hydrogen-bond donors (Lipinski definition) is 2. The van der Waals surface area contributed by atoms with Gasteiger partial charge in [0.25, 0.3) is 0 Å². The van der Waals surface area contributed by atoms with Crippen molar-refractivity contribution >= 4 is 11.8 Å². The van der Waals surface area contributed by atoms with Gasteiger partial charge in [0.1, 0.15) is 0 Å². The summed E-state index contributed by atoms with van der Waals surface area (Å²) in [6.07, 6.45) is 3.25. The molecule has 2 amide bonds. The molecule has 0 aliphatic carbocycles. The average molecular weight is 209 g/mol. The van der Waals surface area contributed by atoms with Crippen LogP contribution in [0, 0.1) is 11.3 Å². The third-order valence-corrected chi connectivity index (χ3v) is 2.35. The van der Waals surface area contributed by atoms with Crippen molar-refractivity contribution in [1.29, 1.82) is 5.26 Å². The Morgan fingerprint density at radius 1 is 1.47 bits per heavy atom. The van der Waals surface area contributed by atoms with E-state index in [1.165, 1.54) is 0 Å². The number of amides is 2. The fourth-order valence-electron chi connectivity index (χ4n) is 1.49. The Morgan fingerprint density at radius 2 is 2.27 bits per heavy atom. The first-order valence-corrected chi connectivity index (χ1v) is 5.18. The van der Waals surface area contributed by atoms with Crippen LogP contribution in [0.5, 0.6) is 0 Å². The number of imide groups is 1. The molecule has 1 fully saturated rings. The van der Waals surface area contributed by atoms with E-state index in [-0.39, 0.29) is 17.9 Å². The molecule has 0 aromatic carbocycles. The maximum Gasteiger partial charge on any atom is 0.243 e. The van der Waals surface area contributed by atoms with Gasteiger partial charge in [0.15, 0.2) is 0 Å². The highest BCUT2D eigenvalue weighted by Crippen LogP contribution is 2.04. The monoisotopic (exact) mass is 209 g/mol. The maximum absolute atomic E-state index is 11.3. The second kappa shape index (κ2) is 6.14. The van der Waals surface area contributed by atoms with E-state index in [1.54, 1.807) is 0 Å². The summed E-state index contributed by atoms with van der Waals surface area (Å²) >= 11 is 0. The van der Waals surface area contributed by atoms with Gasteiger partial charge in [0.05, 0.1) is 12.1 Å². The summed E-state index contributed by atoms with van der Waals surface area (Å²) in [4.78, 5) is 22.1.